The average Bonchev–Trinajstić information content (AvgIpc) is 2.82. The summed E-state index contributed by atoms with van der Waals surface area (Å²) in [5.74, 6) is 1.36. The van der Waals surface area contributed by atoms with Crippen molar-refractivity contribution >= 4 is 15.6 Å². The van der Waals surface area contributed by atoms with Gasteiger partial charge in [0.25, 0.3) is 0 Å². The Morgan fingerprint density at radius 2 is 2.05 bits per heavy atom. The molecule has 0 N–H and O–H groups in total. The first-order chi connectivity index (χ1) is 9.37. The first-order valence-corrected chi connectivity index (χ1v) is 8.82. The van der Waals surface area contributed by atoms with Gasteiger partial charge in [-0.15, -0.1) is 0 Å². The second-order valence-corrected chi connectivity index (χ2v) is 8.14. The van der Waals surface area contributed by atoms with Crippen LogP contribution in [0.1, 0.15) is 55.8 Å². The Balaban J connectivity index is 2.12. The lowest BCUT2D eigenvalue weighted by Crippen LogP contribution is -2.27. The van der Waals surface area contributed by atoms with E-state index in [1.807, 2.05) is 6.92 Å². The fourth-order valence-electron chi connectivity index (χ4n) is 2.67. The van der Waals surface area contributed by atoms with Crippen molar-refractivity contribution in [3.05, 3.63) is 17.3 Å². The molecular weight excluding hydrogens is 278 g/mol. The molecule has 6 heteroatoms. The summed E-state index contributed by atoms with van der Waals surface area (Å²) in [4.78, 5) is 16.2. The fraction of sp³-hybridized carbons (Fsp3) is 0.714. The highest BCUT2D eigenvalue weighted by Gasteiger charge is 2.32. The maximum Gasteiger partial charge on any atom is 0.194 e. The number of Topliss-reactive ketones (excluding diaryl/α,β-unsaturated/α-hetero) is 1. The van der Waals surface area contributed by atoms with Crippen molar-refractivity contribution in [1.82, 2.24) is 4.98 Å². The minimum atomic E-state index is -3.05. The zero-order valence-electron chi connectivity index (χ0n) is 12.2. The summed E-state index contributed by atoms with van der Waals surface area (Å²) in [7, 11) is -3.05. The maximum atomic E-state index is 12.1. The smallest absolute Gasteiger partial charge is 0.194 e. The average molecular weight is 299 g/mol. The molecule has 1 aliphatic carbocycles. The third-order valence-corrected chi connectivity index (χ3v) is 6.16. The first kappa shape index (κ1) is 15.2. The third kappa shape index (κ3) is 2.95. The minimum Gasteiger partial charge on any atom is -0.445 e. The lowest BCUT2D eigenvalue weighted by atomic mass is 9.86. The second-order valence-electron chi connectivity index (χ2n) is 5.43. The molecule has 2 unspecified atom stereocenters. The van der Waals surface area contributed by atoms with Crippen LogP contribution in [-0.4, -0.2) is 30.2 Å². The van der Waals surface area contributed by atoms with E-state index in [9.17, 15) is 13.2 Å². The monoisotopic (exact) mass is 299 g/mol. The Labute approximate surface area is 119 Å². The number of rotatable bonds is 5. The van der Waals surface area contributed by atoms with Crippen LogP contribution in [0.5, 0.6) is 0 Å². The molecule has 1 heterocycles. The molecule has 1 aromatic rings. The SMILES string of the molecule is CCc1nc2c(o1)CC(CC(C)S(=O)(=O)CC)CC2=O. The van der Waals surface area contributed by atoms with E-state index in [4.69, 9.17) is 4.42 Å². The van der Waals surface area contributed by atoms with Gasteiger partial charge < -0.3 is 4.42 Å². The highest BCUT2D eigenvalue weighted by molar-refractivity contribution is 7.91. The number of sulfone groups is 1. The summed E-state index contributed by atoms with van der Waals surface area (Å²) in [5.41, 5.74) is 0.448. The molecule has 0 saturated carbocycles. The molecule has 5 nitrogen and oxygen atoms in total. The quantitative estimate of drug-likeness (QED) is 0.833. The molecule has 112 valence electrons. The molecule has 1 aliphatic rings. The number of carbonyl (C=O) groups excluding carboxylic acids is 1. The van der Waals surface area contributed by atoms with Gasteiger partial charge in [-0.1, -0.05) is 13.8 Å². The molecular formula is C14H21NO4S. The number of carbonyl (C=O) groups is 1. The van der Waals surface area contributed by atoms with Gasteiger partial charge in [0, 0.05) is 25.0 Å². The molecule has 20 heavy (non-hydrogen) atoms. The van der Waals surface area contributed by atoms with Crippen LogP contribution in [0.4, 0.5) is 0 Å². The van der Waals surface area contributed by atoms with Gasteiger partial charge in [0.15, 0.2) is 21.5 Å². The van der Waals surface area contributed by atoms with Gasteiger partial charge in [-0.25, -0.2) is 13.4 Å². The number of fused-ring (bicyclic) bond motifs is 1. The predicted octanol–water partition coefficient (Wildman–Crippen LogP) is 2.20. The van der Waals surface area contributed by atoms with Gasteiger partial charge in [-0.05, 0) is 19.3 Å². The van der Waals surface area contributed by atoms with Crippen molar-refractivity contribution in [3.63, 3.8) is 0 Å². The standard InChI is InChI=1S/C14H21NO4S/c1-4-13-15-14-11(16)7-10(8-12(14)19-13)6-9(3)20(17,18)5-2/h9-10H,4-8H2,1-3H3. The first-order valence-electron chi connectivity index (χ1n) is 7.10. The van der Waals surface area contributed by atoms with E-state index in [0.717, 1.165) is 0 Å². The summed E-state index contributed by atoms with van der Waals surface area (Å²) in [6, 6.07) is 0. The van der Waals surface area contributed by atoms with Crippen LogP contribution in [-0.2, 0) is 22.7 Å². The predicted molar refractivity (Wildman–Crippen MR) is 75.6 cm³/mol. The number of hydrogen-bond acceptors (Lipinski definition) is 5. The van der Waals surface area contributed by atoms with Crippen molar-refractivity contribution < 1.29 is 17.6 Å². The fourth-order valence-corrected chi connectivity index (χ4v) is 3.80. The molecule has 0 amide bonds. The molecule has 0 aliphatic heterocycles. The zero-order chi connectivity index (χ0) is 14.9. The Morgan fingerprint density at radius 1 is 1.35 bits per heavy atom. The molecule has 0 bridgehead atoms. The Hall–Kier alpha value is -1.17. The summed E-state index contributed by atoms with van der Waals surface area (Å²) in [6.07, 6.45) is 2.14. The highest BCUT2D eigenvalue weighted by atomic mass is 32.2. The molecule has 0 saturated heterocycles. The van der Waals surface area contributed by atoms with Crippen molar-refractivity contribution in [2.24, 2.45) is 5.92 Å². The number of hydrogen-bond donors (Lipinski definition) is 0. The van der Waals surface area contributed by atoms with Gasteiger partial charge in [0.2, 0.25) is 0 Å². The number of aromatic nitrogens is 1. The van der Waals surface area contributed by atoms with Crippen LogP contribution >= 0.6 is 0 Å². The Kier molecular flexibility index (Phi) is 4.32. The number of oxazole rings is 1. The van der Waals surface area contributed by atoms with Crippen LogP contribution in [0, 0.1) is 5.92 Å². The summed E-state index contributed by atoms with van der Waals surface area (Å²) >= 11 is 0. The van der Waals surface area contributed by atoms with Crippen molar-refractivity contribution in [3.8, 4) is 0 Å². The molecule has 2 atom stereocenters. The number of aryl methyl sites for hydroxylation is 1. The highest BCUT2D eigenvalue weighted by Crippen LogP contribution is 2.30. The normalized spacial score (nSPS) is 20.8. The van der Waals surface area contributed by atoms with E-state index in [-0.39, 0.29) is 17.5 Å². The van der Waals surface area contributed by atoms with E-state index < -0.39 is 15.1 Å². The summed E-state index contributed by atoms with van der Waals surface area (Å²) in [6.45, 7) is 5.30. The van der Waals surface area contributed by atoms with E-state index >= 15 is 0 Å². The molecule has 0 fully saturated rings. The van der Waals surface area contributed by atoms with Crippen molar-refractivity contribution in [2.45, 2.75) is 51.7 Å². The minimum absolute atomic E-state index is 0.0270. The van der Waals surface area contributed by atoms with Gasteiger partial charge in [0.05, 0.1) is 5.25 Å². The molecule has 0 radical (unpaired) electrons. The topological polar surface area (TPSA) is 77.2 Å². The van der Waals surface area contributed by atoms with Gasteiger partial charge in [-0.3, -0.25) is 4.79 Å². The van der Waals surface area contributed by atoms with Crippen LogP contribution in [0.25, 0.3) is 0 Å². The third-order valence-electron chi connectivity index (χ3n) is 3.94. The summed E-state index contributed by atoms with van der Waals surface area (Å²) in [5, 5.41) is -0.416. The maximum absolute atomic E-state index is 12.1. The lowest BCUT2D eigenvalue weighted by molar-refractivity contribution is 0.0936. The van der Waals surface area contributed by atoms with Gasteiger partial charge in [-0.2, -0.15) is 0 Å². The van der Waals surface area contributed by atoms with Crippen molar-refractivity contribution in [2.75, 3.05) is 5.75 Å². The van der Waals surface area contributed by atoms with Gasteiger partial charge in [0.1, 0.15) is 11.5 Å². The Morgan fingerprint density at radius 3 is 2.65 bits per heavy atom. The van der Waals surface area contributed by atoms with E-state index in [2.05, 4.69) is 4.98 Å². The van der Waals surface area contributed by atoms with E-state index in [1.165, 1.54) is 0 Å². The lowest BCUT2D eigenvalue weighted by Gasteiger charge is -2.22. The zero-order valence-corrected chi connectivity index (χ0v) is 13.0. The van der Waals surface area contributed by atoms with Crippen molar-refractivity contribution in [1.29, 1.82) is 0 Å². The largest absolute Gasteiger partial charge is 0.445 e. The van der Waals surface area contributed by atoms with Crippen LogP contribution in [0.2, 0.25) is 0 Å². The van der Waals surface area contributed by atoms with Crippen LogP contribution < -0.4 is 0 Å². The van der Waals surface area contributed by atoms with Gasteiger partial charge >= 0.3 is 0 Å². The number of ketones is 1. The van der Waals surface area contributed by atoms with E-state index in [0.29, 0.717) is 43.0 Å². The molecule has 2 rings (SSSR count). The Bertz CT molecular complexity index is 603. The molecule has 1 aromatic heterocycles. The molecule has 0 aromatic carbocycles. The summed E-state index contributed by atoms with van der Waals surface area (Å²) < 4.78 is 29.2. The molecule has 0 spiro atoms. The van der Waals surface area contributed by atoms with Crippen LogP contribution in [0.15, 0.2) is 4.42 Å². The van der Waals surface area contributed by atoms with E-state index in [1.54, 1.807) is 13.8 Å². The second kappa shape index (κ2) is 5.68. The number of nitrogens with zero attached hydrogens (tertiary/aromatic N) is 1. The van der Waals surface area contributed by atoms with Crippen LogP contribution in [0.3, 0.4) is 0 Å².